The highest BCUT2D eigenvalue weighted by Gasteiger charge is 2.41. The molecule has 2 aliphatic heterocycles. The molecule has 0 aromatic carbocycles. The lowest BCUT2D eigenvalue weighted by Crippen LogP contribution is -2.64. The monoisotopic (exact) mass is 168 g/mol. The molecule has 3 atom stereocenters. The summed E-state index contributed by atoms with van der Waals surface area (Å²) < 4.78 is 0. The van der Waals surface area contributed by atoms with Crippen molar-refractivity contribution in [1.82, 2.24) is 10.2 Å². The molecule has 2 saturated heterocycles. The van der Waals surface area contributed by atoms with Gasteiger partial charge in [-0.15, -0.1) is 0 Å². The maximum Gasteiger partial charge on any atom is 0.0163 e. The molecule has 12 heavy (non-hydrogen) atoms. The van der Waals surface area contributed by atoms with Crippen molar-refractivity contribution >= 4 is 0 Å². The summed E-state index contributed by atoms with van der Waals surface area (Å²) in [7, 11) is 0. The van der Waals surface area contributed by atoms with Crippen molar-refractivity contribution in [3.63, 3.8) is 0 Å². The van der Waals surface area contributed by atoms with Gasteiger partial charge in [-0.05, 0) is 32.2 Å². The first-order valence-electron chi connectivity index (χ1n) is 5.29. The molecule has 0 aliphatic carbocycles. The number of hydrogen-bond donors (Lipinski definition) is 1. The highest BCUT2D eigenvalue weighted by atomic mass is 15.3. The summed E-state index contributed by atoms with van der Waals surface area (Å²) in [5.41, 5.74) is 0. The van der Waals surface area contributed by atoms with E-state index >= 15 is 0 Å². The Hall–Kier alpha value is -0.0800. The molecule has 3 unspecified atom stereocenters. The van der Waals surface area contributed by atoms with Crippen molar-refractivity contribution in [2.45, 2.75) is 38.8 Å². The van der Waals surface area contributed by atoms with Crippen LogP contribution in [0.15, 0.2) is 0 Å². The Morgan fingerprint density at radius 1 is 1.58 bits per heavy atom. The highest BCUT2D eigenvalue weighted by Crippen LogP contribution is 2.31. The molecule has 0 amide bonds. The maximum atomic E-state index is 3.47. The highest BCUT2D eigenvalue weighted by molar-refractivity contribution is 4.97. The SMILES string of the molecule is CCC(C)N1CC2CNCCC21. The van der Waals surface area contributed by atoms with Gasteiger partial charge in [0.1, 0.15) is 0 Å². The molecule has 0 radical (unpaired) electrons. The first kappa shape index (κ1) is 8.52. The molecule has 2 aliphatic rings. The molecule has 2 heterocycles. The van der Waals surface area contributed by atoms with Crippen LogP contribution in [0, 0.1) is 5.92 Å². The van der Waals surface area contributed by atoms with E-state index < -0.39 is 0 Å². The second-order valence-electron chi connectivity index (χ2n) is 4.27. The number of nitrogens with zero attached hydrogens (tertiary/aromatic N) is 1. The smallest absolute Gasteiger partial charge is 0.0163 e. The Balaban J connectivity index is 1.88. The minimum atomic E-state index is 0.810. The van der Waals surface area contributed by atoms with Crippen LogP contribution in [-0.4, -0.2) is 36.6 Å². The van der Waals surface area contributed by atoms with Crippen LogP contribution in [0.2, 0.25) is 0 Å². The first-order valence-corrected chi connectivity index (χ1v) is 5.29. The van der Waals surface area contributed by atoms with E-state index in [1.54, 1.807) is 0 Å². The normalized spacial score (nSPS) is 38.5. The van der Waals surface area contributed by atoms with Crippen molar-refractivity contribution in [3.8, 4) is 0 Å². The van der Waals surface area contributed by atoms with Crippen LogP contribution in [0.25, 0.3) is 0 Å². The van der Waals surface area contributed by atoms with Gasteiger partial charge >= 0.3 is 0 Å². The Kier molecular flexibility index (Phi) is 2.37. The molecule has 0 bridgehead atoms. The van der Waals surface area contributed by atoms with E-state index in [4.69, 9.17) is 0 Å². The largest absolute Gasteiger partial charge is 0.316 e. The molecule has 0 saturated carbocycles. The topological polar surface area (TPSA) is 15.3 Å². The van der Waals surface area contributed by atoms with E-state index in [9.17, 15) is 0 Å². The minimum Gasteiger partial charge on any atom is -0.316 e. The summed E-state index contributed by atoms with van der Waals surface area (Å²) in [6.45, 7) is 8.48. The zero-order valence-electron chi connectivity index (χ0n) is 8.21. The Morgan fingerprint density at radius 3 is 3.08 bits per heavy atom. The molecule has 70 valence electrons. The summed E-state index contributed by atoms with van der Waals surface area (Å²) in [4.78, 5) is 2.69. The second-order valence-corrected chi connectivity index (χ2v) is 4.27. The van der Waals surface area contributed by atoms with E-state index in [0.717, 1.165) is 18.0 Å². The van der Waals surface area contributed by atoms with Crippen LogP contribution in [0.4, 0.5) is 0 Å². The number of piperidine rings is 1. The fourth-order valence-corrected chi connectivity index (χ4v) is 2.54. The lowest BCUT2D eigenvalue weighted by atomic mass is 9.82. The molecule has 0 aromatic rings. The van der Waals surface area contributed by atoms with Gasteiger partial charge in [0.25, 0.3) is 0 Å². The number of rotatable bonds is 2. The molecule has 2 heteroatoms. The summed E-state index contributed by atoms with van der Waals surface area (Å²) in [5.74, 6) is 0.966. The Bertz CT molecular complexity index is 156. The summed E-state index contributed by atoms with van der Waals surface area (Å²) >= 11 is 0. The Labute approximate surface area is 75.3 Å². The third-order valence-corrected chi connectivity index (χ3v) is 3.60. The molecule has 1 N–H and O–H groups in total. The number of fused-ring (bicyclic) bond motifs is 1. The van der Waals surface area contributed by atoms with Gasteiger partial charge in [-0.25, -0.2) is 0 Å². The fourth-order valence-electron chi connectivity index (χ4n) is 2.54. The second kappa shape index (κ2) is 3.35. The zero-order valence-corrected chi connectivity index (χ0v) is 8.21. The van der Waals surface area contributed by atoms with Crippen LogP contribution in [0.1, 0.15) is 26.7 Å². The number of likely N-dealkylation sites (tertiary alicyclic amines) is 1. The van der Waals surface area contributed by atoms with E-state index in [1.807, 2.05) is 0 Å². The van der Waals surface area contributed by atoms with Gasteiger partial charge in [0, 0.05) is 25.2 Å². The van der Waals surface area contributed by atoms with Gasteiger partial charge in [-0.3, -0.25) is 4.90 Å². The van der Waals surface area contributed by atoms with Crippen LogP contribution >= 0.6 is 0 Å². The third kappa shape index (κ3) is 1.27. The predicted octanol–water partition coefficient (Wildman–Crippen LogP) is 1.08. The van der Waals surface area contributed by atoms with Crippen LogP contribution in [-0.2, 0) is 0 Å². The summed E-state index contributed by atoms with van der Waals surface area (Å²) in [5, 5.41) is 3.47. The van der Waals surface area contributed by atoms with Crippen LogP contribution < -0.4 is 5.32 Å². The van der Waals surface area contributed by atoms with Gasteiger partial charge in [-0.1, -0.05) is 6.92 Å². The average Bonchev–Trinajstić information content (AvgIpc) is 2.07. The summed E-state index contributed by atoms with van der Waals surface area (Å²) in [6, 6.07) is 1.73. The van der Waals surface area contributed by atoms with Crippen LogP contribution in [0.5, 0.6) is 0 Å². The van der Waals surface area contributed by atoms with Gasteiger partial charge < -0.3 is 5.32 Å². The lowest BCUT2D eigenvalue weighted by Gasteiger charge is -2.53. The van der Waals surface area contributed by atoms with Crippen molar-refractivity contribution in [2.75, 3.05) is 19.6 Å². The van der Waals surface area contributed by atoms with Crippen molar-refractivity contribution in [3.05, 3.63) is 0 Å². The standard InChI is InChI=1S/C10H20N2/c1-3-8(2)12-7-9-6-11-5-4-10(9)12/h8-11H,3-7H2,1-2H3. The molecule has 2 rings (SSSR count). The summed E-state index contributed by atoms with van der Waals surface area (Å²) in [6.07, 6.45) is 2.67. The molecule has 2 nitrogen and oxygen atoms in total. The first-order chi connectivity index (χ1) is 5.83. The predicted molar refractivity (Wildman–Crippen MR) is 51.2 cm³/mol. The maximum absolute atomic E-state index is 3.47. The van der Waals surface area contributed by atoms with Crippen molar-refractivity contribution in [1.29, 1.82) is 0 Å². The van der Waals surface area contributed by atoms with Gasteiger partial charge in [-0.2, -0.15) is 0 Å². The fraction of sp³-hybridized carbons (Fsp3) is 1.00. The van der Waals surface area contributed by atoms with Crippen LogP contribution in [0.3, 0.4) is 0 Å². The lowest BCUT2D eigenvalue weighted by molar-refractivity contribution is -0.0349. The zero-order chi connectivity index (χ0) is 8.55. The molecule has 0 spiro atoms. The number of hydrogen-bond acceptors (Lipinski definition) is 2. The quantitative estimate of drug-likeness (QED) is 0.663. The third-order valence-electron chi connectivity index (χ3n) is 3.60. The molecular formula is C10H20N2. The van der Waals surface area contributed by atoms with Gasteiger partial charge in [0.15, 0.2) is 0 Å². The van der Waals surface area contributed by atoms with Gasteiger partial charge in [0.05, 0.1) is 0 Å². The minimum absolute atomic E-state index is 0.810. The van der Waals surface area contributed by atoms with E-state index in [0.29, 0.717) is 0 Å². The molecule has 0 aromatic heterocycles. The average molecular weight is 168 g/mol. The van der Waals surface area contributed by atoms with Gasteiger partial charge in [0.2, 0.25) is 0 Å². The van der Waals surface area contributed by atoms with Crippen molar-refractivity contribution in [2.24, 2.45) is 5.92 Å². The molecule has 2 fully saturated rings. The molecular weight excluding hydrogens is 148 g/mol. The van der Waals surface area contributed by atoms with E-state index in [-0.39, 0.29) is 0 Å². The van der Waals surface area contributed by atoms with Crippen molar-refractivity contribution < 1.29 is 0 Å². The Morgan fingerprint density at radius 2 is 2.42 bits per heavy atom. The van der Waals surface area contributed by atoms with E-state index in [2.05, 4.69) is 24.1 Å². The van der Waals surface area contributed by atoms with E-state index in [1.165, 1.54) is 32.5 Å². The number of nitrogens with one attached hydrogen (secondary N) is 1.